The summed E-state index contributed by atoms with van der Waals surface area (Å²) in [5, 5.41) is 2.61. The maximum absolute atomic E-state index is 12.6. The van der Waals surface area contributed by atoms with Crippen LogP contribution in [0.15, 0.2) is 11.1 Å². The van der Waals surface area contributed by atoms with Crippen LogP contribution in [0.2, 0.25) is 0 Å². The highest BCUT2D eigenvalue weighted by Crippen LogP contribution is 2.49. The Hall–Kier alpha value is -2.42. The van der Waals surface area contributed by atoms with Gasteiger partial charge in [-0.3, -0.25) is 24.5 Å². The number of nitrogens with one attached hydrogen (secondary N) is 2. The van der Waals surface area contributed by atoms with Gasteiger partial charge >= 0.3 is 0 Å². The molecule has 0 aromatic carbocycles. The molecule has 3 heterocycles. The molecule has 1 saturated heterocycles. The molecule has 1 unspecified atom stereocenters. The number of anilines is 1. The summed E-state index contributed by atoms with van der Waals surface area (Å²) in [5.41, 5.74) is -0.0981. The highest BCUT2D eigenvalue weighted by molar-refractivity contribution is 7.44. The second-order valence-electron chi connectivity index (χ2n) is 9.41. The SMILES string of the molecule is [2H]C[C@H]1O[C@@H](n2cnc3c(=O)[nH]c(NC(=O)C(C)C)nc32)C[C@@H]1OP(OCC[N+]#[C-])N(C(C)C)C(C)C. The minimum absolute atomic E-state index is 0.0297. The third kappa shape index (κ3) is 6.47. The van der Waals surface area contributed by atoms with E-state index >= 15 is 0 Å². The highest BCUT2D eigenvalue weighted by Gasteiger charge is 2.39. The molecule has 0 spiro atoms. The van der Waals surface area contributed by atoms with Crippen LogP contribution in [0.3, 0.4) is 0 Å². The van der Waals surface area contributed by atoms with E-state index in [1.165, 1.54) is 6.33 Å². The van der Waals surface area contributed by atoms with E-state index in [-0.39, 0.29) is 61.1 Å². The zero-order valence-electron chi connectivity index (χ0n) is 22.6. The Morgan fingerprint density at radius 1 is 1.42 bits per heavy atom. The van der Waals surface area contributed by atoms with Crippen LogP contribution in [0.5, 0.6) is 0 Å². The lowest BCUT2D eigenvalue weighted by atomic mass is 10.2. The Labute approximate surface area is 213 Å². The van der Waals surface area contributed by atoms with Crippen molar-refractivity contribution >= 4 is 31.5 Å². The number of H-pyrrole nitrogens is 1. The van der Waals surface area contributed by atoms with Crippen LogP contribution in [0.4, 0.5) is 5.95 Å². The molecule has 2 aromatic rings. The fourth-order valence-corrected chi connectivity index (χ4v) is 5.60. The number of carbonyl (C=O) groups excluding carboxylic acids is 1. The van der Waals surface area contributed by atoms with E-state index < -0.39 is 32.5 Å². The van der Waals surface area contributed by atoms with Crippen molar-refractivity contribution in [1.29, 1.82) is 0 Å². The lowest BCUT2D eigenvalue weighted by Crippen LogP contribution is -2.35. The van der Waals surface area contributed by atoms with Crippen LogP contribution >= 0.6 is 8.53 Å². The number of nitrogens with zero attached hydrogens (tertiary/aromatic N) is 5. The van der Waals surface area contributed by atoms with Crippen LogP contribution in [0, 0.1) is 12.5 Å². The van der Waals surface area contributed by atoms with E-state index in [1.807, 2.05) is 0 Å². The lowest BCUT2D eigenvalue weighted by molar-refractivity contribution is -0.118. The zero-order valence-corrected chi connectivity index (χ0v) is 22.5. The summed E-state index contributed by atoms with van der Waals surface area (Å²) in [7, 11) is -1.51. The molecule has 1 aliphatic rings. The smallest absolute Gasteiger partial charge is 0.280 e. The summed E-state index contributed by atoms with van der Waals surface area (Å²) >= 11 is 0. The van der Waals surface area contributed by atoms with Crippen molar-refractivity contribution in [2.45, 2.75) is 85.4 Å². The number of ether oxygens (including phenoxy) is 1. The molecule has 1 aliphatic heterocycles. The fourth-order valence-electron chi connectivity index (χ4n) is 3.85. The van der Waals surface area contributed by atoms with Crippen molar-refractivity contribution in [3.05, 3.63) is 28.1 Å². The minimum atomic E-state index is -1.51. The molecule has 0 radical (unpaired) electrons. The van der Waals surface area contributed by atoms with Gasteiger partial charge in [0.15, 0.2) is 11.2 Å². The Balaban J connectivity index is 1.87. The summed E-state index contributed by atoms with van der Waals surface area (Å²) in [6.45, 7) is 19.2. The van der Waals surface area contributed by atoms with Crippen molar-refractivity contribution < 1.29 is 19.9 Å². The molecule has 0 aliphatic carbocycles. The molecule has 4 atom stereocenters. The van der Waals surface area contributed by atoms with E-state index in [9.17, 15) is 9.59 Å². The standard InChI is InChI=1S/C23H36N7O5P/c1-13(2)21(31)27-23-26-20-19(22(32)28-23)25-12-29(20)18-11-17(16(7)34-18)35-36(33-10-9-24-8)30(14(3)4)15(5)6/h12-18H,9-11H2,1-7H3,(H2,26,27,28,31,32)/t16-,17+,18-,36?/m1/s1/i7D. The Kier molecular flexibility index (Phi) is 9.04. The molecular formula is C23H36N7O5P. The van der Waals surface area contributed by atoms with Gasteiger partial charge in [-0.2, -0.15) is 4.98 Å². The van der Waals surface area contributed by atoms with Gasteiger partial charge in [0.2, 0.25) is 18.4 Å². The number of hydrogen-bond donors (Lipinski definition) is 2. The summed E-state index contributed by atoms with van der Waals surface area (Å²) in [6.07, 6.45) is 0.270. The summed E-state index contributed by atoms with van der Waals surface area (Å²) in [5.74, 6) is -0.537. The Morgan fingerprint density at radius 2 is 2.14 bits per heavy atom. The predicted molar refractivity (Wildman–Crippen MR) is 137 cm³/mol. The van der Waals surface area contributed by atoms with Gasteiger partial charge in [0.1, 0.15) is 12.8 Å². The number of hydrogen-bond acceptors (Lipinski definition) is 8. The maximum atomic E-state index is 12.6. The second kappa shape index (κ2) is 12.2. The predicted octanol–water partition coefficient (Wildman–Crippen LogP) is 3.69. The minimum Gasteiger partial charge on any atom is -0.352 e. The van der Waals surface area contributed by atoms with Gasteiger partial charge in [-0.1, -0.05) is 13.8 Å². The highest BCUT2D eigenvalue weighted by atomic mass is 31.2. The first-order valence-corrected chi connectivity index (χ1v) is 13.1. The van der Waals surface area contributed by atoms with Gasteiger partial charge in [-0.15, -0.1) is 0 Å². The molecule has 2 aromatic heterocycles. The van der Waals surface area contributed by atoms with Gasteiger partial charge < -0.3 is 18.6 Å². The maximum Gasteiger partial charge on any atom is 0.280 e. The molecule has 1 amide bonds. The molecule has 1 fully saturated rings. The molecule has 0 bridgehead atoms. The van der Waals surface area contributed by atoms with Gasteiger partial charge in [-0.25, -0.2) is 16.2 Å². The first-order valence-electron chi connectivity index (χ1n) is 12.7. The fraction of sp³-hybridized carbons (Fsp3) is 0.696. The van der Waals surface area contributed by atoms with Crippen LogP contribution in [0.1, 0.15) is 62.5 Å². The molecule has 2 N–H and O–H groups in total. The first kappa shape index (κ1) is 26.6. The Morgan fingerprint density at radius 3 is 2.75 bits per heavy atom. The number of aromatic amines is 1. The van der Waals surface area contributed by atoms with E-state index in [2.05, 4.69) is 57.5 Å². The summed E-state index contributed by atoms with van der Waals surface area (Å²) in [4.78, 5) is 39.2. The van der Waals surface area contributed by atoms with Gasteiger partial charge in [0, 0.05) is 25.8 Å². The Bertz CT molecular complexity index is 1160. The normalized spacial score (nSPS) is 21.5. The van der Waals surface area contributed by atoms with Crippen LogP contribution < -0.4 is 10.9 Å². The van der Waals surface area contributed by atoms with E-state index in [0.717, 1.165) is 0 Å². The van der Waals surface area contributed by atoms with Crippen LogP contribution in [-0.2, 0) is 18.6 Å². The number of carbonyl (C=O) groups is 1. The first-order chi connectivity index (χ1) is 17.6. The van der Waals surface area contributed by atoms with Crippen molar-refractivity contribution in [1.82, 2.24) is 24.2 Å². The molecule has 3 rings (SSSR count). The van der Waals surface area contributed by atoms with E-state index in [4.69, 9.17) is 21.7 Å². The topological polar surface area (TPSA) is 128 Å². The monoisotopic (exact) mass is 522 g/mol. The van der Waals surface area contributed by atoms with Crippen LogP contribution in [0.25, 0.3) is 16.0 Å². The molecule has 12 nitrogen and oxygen atoms in total. The van der Waals surface area contributed by atoms with E-state index in [0.29, 0.717) is 6.42 Å². The number of fused-ring (bicyclic) bond motifs is 1. The number of imidazole rings is 1. The van der Waals surface area contributed by atoms with Crippen molar-refractivity contribution in [3.63, 3.8) is 0 Å². The molecule has 0 saturated carbocycles. The zero-order chi connectivity index (χ0) is 27.3. The summed E-state index contributed by atoms with van der Waals surface area (Å²) in [6, 6.07) is 0.277. The van der Waals surface area contributed by atoms with Crippen molar-refractivity contribution in [2.24, 2.45) is 5.92 Å². The van der Waals surface area contributed by atoms with Gasteiger partial charge in [0.25, 0.3) is 14.1 Å². The second-order valence-corrected chi connectivity index (χ2v) is 10.8. The third-order valence-corrected chi connectivity index (χ3v) is 7.72. The van der Waals surface area contributed by atoms with Crippen molar-refractivity contribution in [3.8, 4) is 0 Å². The number of rotatable bonds is 11. The van der Waals surface area contributed by atoms with Crippen molar-refractivity contribution in [2.75, 3.05) is 18.5 Å². The third-order valence-electron chi connectivity index (χ3n) is 5.57. The molecule has 36 heavy (non-hydrogen) atoms. The molecule has 13 heteroatoms. The quantitative estimate of drug-likeness (QED) is 0.260. The number of amides is 1. The van der Waals surface area contributed by atoms with Crippen LogP contribution in [-0.4, -0.2) is 67.5 Å². The number of aromatic nitrogens is 4. The largest absolute Gasteiger partial charge is 0.352 e. The van der Waals surface area contributed by atoms with Gasteiger partial charge in [0.05, 0.1) is 18.5 Å². The average Bonchev–Trinajstić information content (AvgIpc) is 3.42. The summed E-state index contributed by atoms with van der Waals surface area (Å²) < 4.78 is 30.5. The van der Waals surface area contributed by atoms with Gasteiger partial charge in [-0.05, 0) is 34.6 Å². The average molecular weight is 523 g/mol. The van der Waals surface area contributed by atoms with E-state index in [1.54, 1.807) is 18.4 Å². The lowest BCUT2D eigenvalue weighted by Gasteiger charge is -2.36. The molecular weight excluding hydrogens is 485 g/mol. The molecule has 198 valence electrons.